The summed E-state index contributed by atoms with van der Waals surface area (Å²) >= 11 is 1.40. The van der Waals surface area contributed by atoms with E-state index in [1.54, 1.807) is 6.19 Å². The number of amidine groups is 1. The topological polar surface area (TPSA) is 101 Å². The van der Waals surface area contributed by atoms with Crippen molar-refractivity contribution in [2.45, 2.75) is 25.7 Å². The third kappa shape index (κ3) is 1.92. The van der Waals surface area contributed by atoms with E-state index in [0.29, 0.717) is 10.6 Å². The van der Waals surface area contributed by atoms with Crippen LogP contribution in [-0.4, -0.2) is 10.8 Å². The Hall–Kier alpha value is -2.13. The fourth-order valence-electron chi connectivity index (χ4n) is 2.45. The fourth-order valence-corrected chi connectivity index (χ4v) is 3.45. The molecule has 0 unspecified atom stereocenters. The van der Waals surface area contributed by atoms with Crippen LogP contribution in [0.25, 0.3) is 10.2 Å². The monoisotopic (exact) mass is 271 g/mol. The molecule has 19 heavy (non-hydrogen) atoms. The molecular formula is C13H13N5S. The van der Waals surface area contributed by atoms with Gasteiger partial charge in [-0.25, -0.2) is 4.98 Å². The second-order valence-electron chi connectivity index (χ2n) is 4.60. The quantitative estimate of drug-likeness (QED) is 0.470. The minimum absolute atomic E-state index is 0.168. The molecule has 5 nitrogen and oxygen atoms in total. The number of nitrogen functional groups attached to an aromatic ring is 1. The maximum absolute atomic E-state index is 8.57. The van der Waals surface area contributed by atoms with Crippen LogP contribution in [0.1, 0.15) is 29.0 Å². The lowest BCUT2D eigenvalue weighted by Gasteiger charge is -2.14. The van der Waals surface area contributed by atoms with Crippen LogP contribution in [0.2, 0.25) is 0 Å². The molecule has 4 N–H and O–H groups in total. The zero-order chi connectivity index (χ0) is 13.4. The number of thiophene rings is 1. The molecule has 0 saturated carbocycles. The highest BCUT2D eigenvalue weighted by Crippen LogP contribution is 2.35. The van der Waals surface area contributed by atoms with Gasteiger partial charge >= 0.3 is 0 Å². The minimum atomic E-state index is 0.168. The molecule has 2 heterocycles. The second-order valence-corrected chi connectivity index (χ2v) is 5.59. The minimum Gasteiger partial charge on any atom is -0.397 e. The van der Waals surface area contributed by atoms with E-state index in [4.69, 9.17) is 16.7 Å². The largest absolute Gasteiger partial charge is 0.397 e. The molecule has 0 fully saturated rings. The van der Waals surface area contributed by atoms with Crippen LogP contribution in [0.4, 0.5) is 5.69 Å². The highest BCUT2D eigenvalue weighted by atomic mass is 32.1. The molecular weight excluding hydrogens is 258 g/mol. The number of hydrogen-bond donors (Lipinski definition) is 2. The van der Waals surface area contributed by atoms with Gasteiger partial charge in [0.15, 0.2) is 5.84 Å². The average molecular weight is 271 g/mol. The molecule has 96 valence electrons. The first kappa shape index (κ1) is 11.9. The van der Waals surface area contributed by atoms with Gasteiger partial charge in [0, 0.05) is 11.1 Å². The molecule has 0 spiro atoms. The Morgan fingerprint density at radius 1 is 1.42 bits per heavy atom. The summed E-state index contributed by atoms with van der Waals surface area (Å²) in [4.78, 5) is 9.76. The van der Waals surface area contributed by atoms with E-state index < -0.39 is 0 Å². The number of nitrogens with two attached hydrogens (primary N) is 2. The van der Waals surface area contributed by atoms with Gasteiger partial charge in [0.1, 0.15) is 4.83 Å². The fraction of sp³-hybridized carbons (Fsp3) is 0.308. The molecule has 1 aliphatic rings. The predicted molar refractivity (Wildman–Crippen MR) is 77.0 cm³/mol. The first-order valence-corrected chi connectivity index (χ1v) is 6.95. The van der Waals surface area contributed by atoms with Gasteiger partial charge in [-0.1, -0.05) is 0 Å². The number of fused-ring (bicyclic) bond motifs is 2. The van der Waals surface area contributed by atoms with Crippen LogP contribution in [0.3, 0.4) is 0 Å². The molecule has 0 saturated heterocycles. The number of nitrogens with zero attached hydrogens (tertiary/aromatic N) is 3. The van der Waals surface area contributed by atoms with Gasteiger partial charge in [-0.05, 0) is 37.3 Å². The number of aliphatic imine (C=N–C) groups is 1. The van der Waals surface area contributed by atoms with E-state index >= 15 is 0 Å². The van der Waals surface area contributed by atoms with E-state index in [1.807, 2.05) is 0 Å². The van der Waals surface area contributed by atoms with Crippen molar-refractivity contribution in [1.82, 2.24) is 4.98 Å². The number of hydrogen-bond acceptors (Lipinski definition) is 5. The highest BCUT2D eigenvalue weighted by molar-refractivity contribution is 7.21. The normalized spacial score (nSPS) is 15.2. The zero-order valence-corrected chi connectivity index (χ0v) is 11.1. The van der Waals surface area contributed by atoms with Crippen molar-refractivity contribution in [2.24, 2.45) is 10.7 Å². The number of aryl methyl sites for hydroxylation is 2. The Bertz CT molecular complexity index is 723. The Morgan fingerprint density at radius 2 is 2.21 bits per heavy atom. The van der Waals surface area contributed by atoms with Crippen molar-refractivity contribution in [3.05, 3.63) is 22.2 Å². The Balaban J connectivity index is 2.21. The zero-order valence-electron chi connectivity index (χ0n) is 10.3. The maximum atomic E-state index is 8.57. The number of nitriles is 1. The lowest BCUT2D eigenvalue weighted by molar-refractivity contribution is 0.672. The standard InChI is InChI=1S/C13H13N5S/c14-6-17-12(16)11-10(15)8-5-7-3-1-2-4-9(7)18-13(8)19-11/h5H,1-4,15H2,(H2,16,17). The smallest absolute Gasteiger partial charge is 0.207 e. The van der Waals surface area contributed by atoms with Gasteiger partial charge < -0.3 is 11.5 Å². The molecule has 3 rings (SSSR count). The molecule has 0 bridgehead atoms. The number of anilines is 1. The molecule has 1 aliphatic carbocycles. The first-order chi connectivity index (χ1) is 9.20. The SMILES string of the molecule is N#CN=C(N)c1sc2nc3c(cc2c1N)CCCC3. The molecule has 0 aliphatic heterocycles. The third-order valence-corrected chi connectivity index (χ3v) is 4.54. The Morgan fingerprint density at radius 3 is 3.00 bits per heavy atom. The van der Waals surface area contributed by atoms with Crippen molar-refractivity contribution >= 4 is 33.1 Å². The summed E-state index contributed by atoms with van der Waals surface area (Å²) in [6.45, 7) is 0. The average Bonchev–Trinajstić information content (AvgIpc) is 2.74. The number of pyridine rings is 1. The highest BCUT2D eigenvalue weighted by Gasteiger charge is 2.18. The van der Waals surface area contributed by atoms with Crippen LogP contribution >= 0.6 is 11.3 Å². The van der Waals surface area contributed by atoms with Crippen LogP contribution in [-0.2, 0) is 12.8 Å². The molecule has 2 aromatic rings. The van der Waals surface area contributed by atoms with Gasteiger partial charge in [-0.3, -0.25) is 0 Å². The predicted octanol–water partition coefficient (Wildman–Crippen LogP) is 1.94. The van der Waals surface area contributed by atoms with Crippen molar-refractivity contribution in [1.29, 1.82) is 5.26 Å². The molecule has 0 atom stereocenters. The van der Waals surface area contributed by atoms with Crippen LogP contribution < -0.4 is 11.5 Å². The molecule has 2 aromatic heterocycles. The molecule has 0 amide bonds. The maximum Gasteiger partial charge on any atom is 0.207 e. The number of rotatable bonds is 1. The van der Waals surface area contributed by atoms with Gasteiger partial charge in [0.2, 0.25) is 6.19 Å². The van der Waals surface area contributed by atoms with Gasteiger partial charge in [-0.15, -0.1) is 11.3 Å². The van der Waals surface area contributed by atoms with E-state index in [0.717, 1.165) is 23.1 Å². The summed E-state index contributed by atoms with van der Waals surface area (Å²) in [7, 11) is 0. The van der Waals surface area contributed by atoms with Crippen LogP contribution in [0, 0.1) is 11.5 Å². The van der Waals surface area contributed by atoms with Crippen molar-refractivity contribution in [3.63, 3.8) is 0 Å². The van der Waals surface area contributed by atoms with Crippen LogP contribution in [0.15, 0.2) is 11.1 Å². The van der Waals surface area contributed by atoms with E-state index in [-0.39, 0.29) is 5.84 Å². The number of aromatic nitrogens is 1. The Labute approximate surface area is 114 Å². The summed E-state index contributed by atoms with van der Waals surface area (Å²) in [6, 6.07) is 2.12. The first-order valence-electron chi connectivity index (χ1n) is 6.14. The Kier molecular flexibility index (Phi) is 2.84. The molecule has 6 heteroatoms. The van der Waals surface area contributed by atoms with E-state index in [9.17, 15) is 0 Å². The van der Waals surface area contributed by atoms with Gasteiger partial charge in [-0.2, -0.15) is 10.3 Å². The van der Waals surface area contributed by atoms with Crippen molar-refractivity contribution in [3.8, 4) is 6.19 Å². The summed E-state index contributed by atoms with van der Waals surface area (Å²) < 4.78 is 0. The lowest BCUT2D eigenvalue weighted by Crippen LogP contribution is -2.12. The van der Waals surface area contributed by atoms with E-state index in [1.165, 1.54) is 35.4 Å². The summed E-state index contributed by atoms with van der Waals surface area (Å²) in [6.07, 6.45) is 6.17. The van der Waals surface area contributed by atoms with E-state index in [2.05, 4.69) is 16.0 Å². The summed E-state index contributed by atoms with van der Waals surface area (Å²) in [5.74, 6) is 0.168. The van der Waals surface area contributed by atoms with Crippen LogP contribution in [0.5, 0.6) is 0 Å². The molecule has 0 radical (unpaired) electrons. The summed E-state index contributed by atoms with van der Waals surface area (Å²) in [5.41, 5.74) is 14.9. The third-order valence-electron chi connectivity index (χ3n) is 3.40. The van der Waals surface area contributed by atoms with Crippen molar-refractivity contribution < 1.29 is 0 Å². The lowest BCUT2D eigenvalue weighted by atomic mass is 9.95. The van der Waals surface area contributed by atoms with Gasteiger partial charge in [0.05, 0.1) is 10.6 Å². The summed E-state index contributed by atoms with van der Waals surface area (Å²) in [5, 5.41) is 9.49. The second kappa shape index (κ2) is 4.52. The van der Waals surface area contributed by atoms with Gasteiger partial charge in [0.25, 0.3) is 0 Å². The van der Waals surface area contributed by atoms with Crippen molar-refractivity contribution in [2.75, 3.05) is 5.73 Å². The molecule has 0 aromatic carbocycles.